The highest BCUT2D eigenvalue weighted by molar-refractivity contribution is 7.94. The number of amides is 1. The van der Waals surface area contributed by atoms with Crippen molar-refractivity contribution in [2.75, 3.05) is 20.7 Å². The Morgan fingerprint density at radius 2 is 1.88 bits per heavy atom. The van der Waals surface area contributed by atoms with Crippen LogP contribution in [0, 0.1) is 12.3 Å². The third kappa shape index (κ3) is 6.70. The molecule has 0 unspecified atom stereocenters. The Hall–Kier alpha value is -3.13. The summed E-state index contributed by atoms with van der Waals surface area (Å²) >= 11 is 12.1. The van der Waals surface area contributed by atoms with Gasteiger partial charge in [-0.15, -0.1) is 0 Å². The molecule has 0 atom stereocenters. The van der Waals surface area contributed by atoms with Gasteiger partial charge in [-0.1, -0.05) is 47.0 Å². The maximum absolute atomic E-state index is 13.0. The molecule has 0 aliphatic carbocycles. The lowest BCUT2D eigenvalue weighted by Crippen LogP contribution is -2.33. The quantitative estimate of drug-likeness (QED) is 0.179. The summed E-state index contributed by atoms with van der Waals surface area (Å²) in [5, 5.41) is 12.8. The zero-order chi connectivity index (χ0) is 25.5. The molecule has 0 aromatic heterocycles. The number of unbranched alkanes of at least 4 members (excludes halogenated alkanes) is 1. The van der Waals surface area contributed by atoms with Gasteiger partial charge in [-0.2, -0.15) is 0 Å². The highest BCUT2D eigenvalue weighted by Gasteiger charge is 2.37. The van der Waals surface area contributed by atoms with E-state index in [1.807, 2.05) is 6.92 Å². The Bertz CT molecular complexity index is 1240. The van der Waals surface area contributed by atoms with Gasteiger partial charge in [0.05, 0.1) is 23.2 Å². The molecule has 1 amide bonds. The van der Waals surface area contributed by atoms with E-state index >= 15 is 0 Å². The molecule has 1 aliphatic heterocycles. The Morgan fingerprint density at radius 1 is 1.24 bits per heavy atom. The smallest absolute Gasteiger partial charge is 0.460 e. The Balaban J connectivity index is 2.10. The van der Waals surface area contributed by atoms with Crippen LogP contribution in [-0.4, -0.2) is 45.9 Å². The van der Waals surface area contributed by atoms with Gasteiger partial charge in [0.1, 0.15) is 10.3 Å². The molecule has 0 fully saturated rings. The second kappa shape index (κ2) is 11.8. The van der Waals surface area contributed by atoms with E-state index in [0.29, 0.717) is 12.8 Å². The lowest BCUT2D eigenvalue weighted by molar-refractivity contribution is -0.135. The molecule has 1 aromatic rings. The monoisotopic (exact) mass is 525 g/mol. The summed E-state index contributed by atoms with van der Waals surface area (Å²) in [4.78, 5) is 29.5. The largest absolute Gasteiger partial charge is 0.476 e. The van der Waals surface area contributed by atoms with Gasteiger partial charge in [-0.25, -0.2) is 13.2 Å². The van der Waals surface area contributed by atoms with E-state index in [1.54, 1.807) is 24.3 Å². The molecule has 1 heterocycles. The van der Waals surface area contributed by atoms with Gasteiger partial charge in [-0.3, -0.25) is 4.79 Å². The number of rotatable bonds is 8. The van der Waals surface area contributed by atoms with E-state index in [1.165, 1.54) is 24.1 Å². The zero-order valence-corrected chi connectivity index (χ0v) is 21.0. The van der Waals surface area contributed by atoms with E-state index in [4.69, 9.17) is 23.2 Å². The lowest BCUT2D eigenvalue weighted by Gasteiger charge is -2.22. The van der Waals surface area contributed by atoms with Crippen LogP contribution in [0.4, 0.5) is 0 Å². The summed E-state index contributed by atoms with van der Waals surface area (Å²) in [6.07, 6.45) is 3.58. The van der Waals surface area contributed by atoms with Crippen LogP contribution in [-0.2, 0) is 24.2 Å². The van der Waals surface area contributed by atoms with Crippen molar-refractivity contribution in [2.24, 2.45) is 0 Å². The molecule has 12 heteroatoms. The maximum atomic E-state index is 13.0. The molecule has 2 rings (SSSR count). The Labute approximate surface area is 207 Å². The second-order valence-electron chi connectivity index (χ2n) is 7.26. The molecule has 1 aliphatic rings. The van der Waals surface area contributed by atoms with Crippen LogP contribution in [0.1, 0.15) is 18.4 Å². The number of dihydropyridines is 1. The molecule has 0 spiro atoms. The van der Waals surface area contributed by atoms with Crippen molar-refractivity contribution in [3.05, 3.63) is 79.5 Å². The van der Waals surface area contributed by atoms with Crippen LogP contribution in [0.5, 0.6) is 0 Å². The van der Waals surface area contributed by atoms with Crippen molar-refractivity contribution < 1.29 is 22.7 Å². The third-order valence-electron chi connectivity index (χ3n) is 4.77. The van der Waals surface area contributed by atoms with Gasteiger partial charge in [0.15, 0.2) is 14.8 Å². The first-order valence-corrected chi connectivity index (χ1v) is 12.3. The molecule has 0 radical (unpaired) electrons. The van der Waals surface area contributed by atoms with Crippen LogP contribution < -0.4 is 5.32 Å². The van der Waals surface area contributed by atoms with Crippen LogP contribution in [0.15, 0.2) is 73.9 Å². The van der Waals surface area contributed by atoms with Crippen molar-refractivity contribution in [3.63, 3.8) is 0 Å². The zero-order valence-electron chi connectivity index (χ0n) is 18.7. The molecular formula is C22H23Cl2N4O5S+. The van der Waals surface area contributed by atoms with Crippen molar-refractivity contribution >= 4 is 44.9 Å². The molecule has 0 saturated carbocycles. The van der Waals surface area contributed by atoms with Crippen molar-refractivity contribution in [2.45, 2.75) is 24.7 Å². The second-order valence-corrected chi connectivity index (χ2v) is 9.88. The van der Waals surface area contributed by atoms with Gasteiger partial charge >= 0.3 is 11.7 Å². The number of likely N-dealkylation sites (N-methyl/N-ethyl adjacent to an activating group) is 1. The number of hydrogen-bond acceptors (Lipinski definition) is 7. The topological polar surface area (TPSA) is 121 Å². The van der Waals surface area contributed by atoms with Gasteiger partial charge < -0.3 is 15.0 Å². The number of aryl methyl sites for hydroxylation is 1. The number of carbonyl (C=O) groups excluding carboxylic acids is 2. The summed E-state index contributed by atoms with van der Waals surface area (Å²) in [5.41, 5.74) is 0.177. The lowest BCUT2D eigenvalue weighted by atomic mass is 10.0. The third-order valence-corrected chi connectivity index (χ3v) is 6.74. The number of halogens is 2. The molecule has 1 aromatic carbocycles. The van der Waals surface area contributed by atoms with Gasteiger partial charge in [-0.05, 0) is 38.0 Å². The summed E-state index contributed by atoms with van der Waals surface area (Å²) < 4.78 is 29.3. The molecular weight excluding hydrogens is 503 g/mol. The first-order chi connectivity index (χ1) is 16.0. The van der Waals surface area contributed by atoms with Crippen LogP contribution in [0.25, 0.3) is 4.98 Å². The molecule has 0 bridgehead atoms. The van der Waals surface area contributed by atoms with Crippen LogP contribution >= 0.6 is 23.2 Å². The van der Waals surface area contributed by atoms with Gasteiger partial charge in [0.2, 0.25) is 5.39 Å². The maximum Gasteiger partial charge on any atom is 0.476 e. The number of sulfone groups is 1. The molecule has 0 saturated heterocycles. The Morgan fingerprint density at radius 3 is 2.47 bits per heavy atom. The minimum atomic E-state index is -3.55. The van der Waals surface area contributed by atoms with Crippen LogP contribution in [0.3, 0.4) is 0 Å². The number of benzene rings is 1. The minimum Gasteiger partial charge on any atom is -0.460 e. The number of diazo groups is 1. The standard InChI is InChI=1S/C22H22Cl2N4O5S/c1-14-7-9-15(10-8-14)34(31,32)12-6-4-5-11-28(2)21(29)18-16(13-17(23)26-20(18)24)19(27-25)22(30)33-3/h6-10,12-13H,4-5,11H2,1-3H3/p+1/b12-6+. The van der Waals surface area contributed by atoms with Gasteiger partial charge in [0, 0.05) is 19.0 Å². The predicted octanol–water partition coefficient (Wildman–Crippen LogP) is 3.94. The number of methoxy groups -OCH3 is 1. The summed E-state index contributed by atoms with van der Waals surface area (Å²) in [6, 6.07) is 6.54. The molecule has 34 heavy (non-hydrogen) atoms. The average Bonchev–Trinajstić information content (AvgIpc) is 2.78. The fourth-order valence-electron chi connectivity index (χ4n) is 2.96. The molecule has 9 nitrogen and oxygen atoms in total. The first-order valence-electron chi connectivity index (χ1n) is 9.97. The number of hydrogen-bond donors (Lipinski definition) is 1. The highest BCUT2D eigenvalue weighted by Crippen LogP contribution is 2.30. The summed E-state index contributed by atoms with van der Waals surface area (Å²) in [6.45, 7) is 2.12. The van der Waals surface area contributed by atoms with E-state index < -0.39 is 27.4 Å². The van der Waals surface area contributed by atoms with Crippen LogP contribution in [0.2, 0.25) is 0 Å². The minimum absolute atomic E-state index is 0.00387. The van der Waals surface area contributed by atoms with E-state index in [0.717, 1.165) is 18.1 Å². The number of nitrogens with zero attached hydrogens (tertiary/aromatic N) is 3. The van der Waals surface area contributed by atoms with Crippen molar-refractivity contribution in [1.82, 2.24) is 10.2 Å². The van der Waals surface area contributed by atoms with E-state index in [2.05, 4.69) is 15.0 Å². The first kappa shape index (κ1) is 27.1. The molecule has 180 valence electrons. The highest BCUT2D eigenvalue weighted by atomic mass is 35.5. The number of allylic oxidation sites excluding steroid dienone is 2. The number of nitrogens with one attached hydrogen (secondary N) is 1. The average molecular weight is 526 g/mol. The van der Waals surface area contributed by atoms with E-state index in [-0.39, 0.29) is 32.9 Å². The number of ether oxygens (including phenoxy) is 1. The fraction of sp³-hybridized carbons (Fsp3) is 0.273. The SMILES string of the molecule is COC(=O)C([N+]#N)=C1C=C(Cl)NC(Cl)=C1C(=O)N(C)CCC/C=C/S(=O)(=O)c1ccc(C)cc1. The van der Waals surface area contributed by atoms with Crippen molar-refractivity contribution in [1.29, 1.82) is 5.39 Å². The van der Waals surface area contributed by atoms with E-state index in [9.17, 15) is 23.4 Å². The summed E-state index contributed by atoms with van der Waals surface area (Å²) in [5.74, 6) is -1.56. The number of esters is 1. The normalized spacial score (nSPS) is 15.4. The van der Waals surface area contributed by atoms with Crippen molar-refractivity contribution in [3.8, 4) is 0 Å². The fourth-order valence-corrected chi connectivity index (χ4v) is 4.56. The predicted molar refractivity (Wildman–Crippen MR) is 128 cm³/mol. The molecule has 1 N–H and O–H groups in total. The Kier molecular flexibility index (Phi) is 9.44. The van der Waals surface area contributed by atoms with Gasteiger partial charge in [0.25, 0.3) is 5.91 Å². The number of carbonyl (C=O) groups is 2. The summed E-state index contributed by atoms with van der Waals surface area (Å²) in [7, 11) is -0.951.